The Morgan fingerprint density at radius 3 is 2.58 bits per heavy atom. The molecule has 2 N–H and O–H groups in total. The predicted molar refractivity (Wildman–Crippen MR) is 132 cm³/mol. The molecule has 3 aromatic carbocycles. The van der Waals surface area contributed by atoms with Crippen molar-refractivity contribution in [3.63, 3.8) is 0 Å². The quantitative estimate of drug-likeness (QED) is 0.237. The van der Waals surface area contributed by atoms with E-state index >= 15 is 0 Å². The summed E-state index contributed by atoms with van der Waals surface area (Å²) in [6, 6.07) is 19.4. The number of aliphatic carboxylic acids is 1. The van der Waals surface area contributed by atoms with Gasteiger partial charge >= 0.3 is 17.7 Å². The summed E-state index contributed by atoms with van der Waals surface area (Å²) in [4.78, 5) is 36.1. The number of carbonyl (C=O) groups excluding carboxylic acids is 1. The molecule has 1 unspecified atom stereocenters. The van der Waals surface area contributed by atoms with Gasteiger partial charge in [0.2, 0.25) is 0 Å². The smallest absolute Gasteiger partial charge is 0.412 e. The first-order valence-corrected chi connectivity index (χ1v) is 11.1. The Morgan fingerprint density at radius 1 is 1.03 bits per heavy atom. The zero-order valence-electron chi connectivity index (χ0n) is 19.1. The van der Waals surface area contributed by atoms with Gasteiger partial charge in [-0.2, -0.15) is 0 Å². The van der Waals surface area contributed by atoms with Crippen molar-refractivity contribution in [2.75, 3.05) is 5.32 Å². The van der Waals surface area contributed by atoms with E-state index in [9.17, 15) is 14.4 Å². The SMILES string of the molecule is CC(OC(=O)Nc1cnoc1-c1ccc2c(c1)oc(=O)c1cc(CC(=O)O)ccc12)c1ccccc1. The first-order valence-electron chi connectivity index (χ1n) is 11.1. The van der Waals surface area contributed by atoms with Crippen molar-refractivity contribution in [1.29, 1.82) is 0 Å². The van der Waals surface area contributed by atoms with E-state index in [2.05, 4.69) is 10.5 Å². The summed E-state index contributed by atoms with van der Waals surface area (Å²) in [6.45, 7) is 1.77. The highest BCUT2D eigenvalue weighted by molar-refractivity contribution is 6.05. The molecule has 0 saturated heterocycles. The van der Waals surface area contributed by atoms with Gasteiger partial charge in [0.05, 0.1) is 18.0 Å². The molecule has 0 fully saturated rings. The number of carboxylic acids is 1. The number of hydrogen-bond acceptors (Lipinski definition) is 7. The normalized spacial score (nSPS) is 11.9. The van der Waals surface area contributed by atoms with Crippen molar-refractivity contribution in [3.05, 3.63) is 94.5 Å². The summed E-state index contributed by atoms with van der Waals surface area (Å²) >= 11 is 0. The molecule has 0 spiro atoms. The van der Waals surface area contributed by atoms with E-state index in [1.54, 1.807) is 37.3 Å². The highest BCUT2D eigenvalue weighted by Gasteiger charge is 2.18. The minimum atomic E-state index is -0.987. The molecular formula is C27H20N2O7. The standard InChI is InChI=1S/C27H20N2O7/c1-15(17-5-3-2-4-6-17)34-27(33)29-22-14-28-36-25(22)18-8-10-20-19-9-7-16(12-24(30)31)11-21(19)26(32)35-23(20)13-18/h2-11,13-15H,12H2,1H3,(H,29,33)(H,30,31). The van der Waals surface area contributed by atoms with E-state index in [0.717, 1.165) is 5.56 Å². The molecule has 0 aliphatic rings. The van der Waals surface area contributed by atoms with E-state index in [1.807, 2.05) is 30.3 Å². The maximum Gasteiger partial charge on any atom is 0.412 e. The third-order valence-corrected chi connectivity index (χ3v) is 5.76. The molecule has 0 radical (unpaired) electrons. The second kappa shape index (κ2) is 9.38. The Bertz CT molecular complexity index is 1650. The van der Waals surface area contributed by atoms with Crippen LogP contribution in [0.4, 0.5) is 10.5 Å². The molecule has 0 saturated carbocycles. The van der Waals surface area contributed by atoms with E-state index in [0.29, 0.717) is 38.6 Å². The van der Waals surface area contributed by atoms with Crippen LogP contribution >= 0.6 is 0 Å². The first-order chi connectivity index (χ1) is 17.4. The number of fused-ring (bicyclic) bond motifs is 3. The van der Waals surface area contributed by atoms with Crippen molar-refractivity contribution in [2.24, 2.45) is 0 Å². The summed E-state index contributed by atoms with van der Waals surface area (Å²) in [5.74, 6) is -0.722. The number of anilines is 1. The van der Waals surface area contributed by atoms with Gasteiger partial charge in [0, 0.05) is 10.9 Å². The Hall–Kier alpha value is -4.92. The second-order valence-electron chi connectivity index (χ2n) is 8.20. The lowest BCUT2D eigenvalue weighted by molar-refractivity contribution is -0.136. The second-order valence-corrected chi connectivity index (χ2v) is 8.20. The van der Waals surface area contributed by atoms with Crippen LogP contribution in [0, 0.1) is 0 Å². The van der Waals surface area contributed by atoms with Crippen molar-refractivity contribution < 1.29 is 28.4 Å². The summed E-state index contributed by atoms with van der Waals surface area (Å²) in [5, 5.41) is 17.1. The Labute approximate surface area is 203 Å². The van der Waals surface area contributed by atoms with Crippen LogP contribution in [0.3, 0.4) is 0 Å². The third kappa shape index (κ3) is 4.54. The van der Waals surface area contributed by atoms with Crippen LogP contribution in [-0.2, 0) is 16.0 Å². The maximum absolute atomic E-state index is 12.6. The highest BCUT2D eigenvalue weighted by Crippen LogP contribution is 2.32. The van der Waals surface area contributed by atoms with Gasteiger partial charge < -0.3 is 18.8 Å². The minimum Gasteiger partial charge on any atom is -0.481 e. The molecule has 36 heavy (non-hydrogen) atoms. The van der Waals surface area contributed by atoms with Crippen LogP contribution in [0.5, 0.6) is 0 Å². The Morgan fingerprint density at radius 2 is 1.81 bits per heavy atom. The van der Waals surface area contributed by atoms with Crippen molar-refractivity contribution in [3.8, 4) is 11.3 Å². The number of carbonyl (C=O) groups is 2. The lowest BCUT2D eigenvalue weighted by Gasteiger charge is -2.14. The number of aromatic nitrogens is 1. The van der Waals surface area contributed by atoms with Crippen LogP contribution in [0.2, 0.25) is 0 Å². The van der Waals surface area contributed by atoms with Crippen LogP contribution in [0.15, 0.2) is 86.7 Å². The zero-order valence-corrected chi connectivity index (χ0v) is 19.1. The minimum absolute atomic E-state index is 0.194. The molecule has 0 aliphatic carbocycles. The highest BCUT2D eigenvalue weighted by atomic mass is 16.6. The fourth-order valence-corrected chi connectivity index (χ4v) is 4.03. The Balaban J connectivity index is 1.43. The van der Waals surface area contributed by atoms with Crippen LogP contribution in [-0.4, -0.2) is 22.3 Å². The fourth-order valence-electron chi connectivity index (χ4n) is 4.03. The van der Waals surface area contributed by atoms with E-state index in [4.69, 9.17) is 18.8 Å². The van der Waals surface area contributed by atoms with Crippen molar-refractivity contribution >= 4 is 39.5 Å². The molecule has 9 nitrogen and oxygen atoms in total. The van der Waals surface area contributed by atoms with Crippen molar-refractivity contribution in [2.45, 2.75) is 19.4 Å². The number of rotatable bonds is 6. The van der Waals surface area contributed by atoms with Gasteiger partial charge in [-0.1, -0.05) is 53.7 Å². The van der Waals surface area contributed by atoms with Gasteiger partial charge in [-0.3, -0.25) is 10.1 Å². The number of amides is 1. The molecule has 0 aliphatic heterocycles. The number of hydrogen-bond donors (Lipinski definition) is 2. The molecule has 0 bridgehead atoms. The molecule has 9 heteroatoms. The molecule has 5 rings (SSSR count). The lowest BCUT2D eigenvalue weighted by Crippen LogP contribution is -2.16. The predicted octanol–water partition coefficient (Wildman–Crippen LogP) is 5.54. The number of carboxylic acid groups (broad SMARTS) is 1. The number of benzene rings is 3. The molecular weight excluding hydrogens is 464 g/mol. The van der Waals surface area contributed by atoms with Gasteiger partial charge in [0.1, 0.15) is 17.4 Å². The van der Waals surface area contributed by atoms with Gasteiger partial charge in [-0.25, -0.2) is 9.59 Å². The van der Waals surface area contributed by atoms with Gasteiger partial charge in [-0.15, -0.1) is 0 Å². The van der Waals surface area contributed by atoms with Gasteiger partial charge in [0.25, 0.3) is 0 Å². The molecule has 180 valence electrons. The van der Waals surface area contributed by atoms with Gasteiger partial charge in [-0.05, 0) is 41.6 Å². The molecule has 2 heterocycles. The summed E-state index contributed by atoms with van der Waals surface area (Å²) in [7, 11) is 0. The molecule has 1 amide bonds. The first kappa shape index (κ1) is 22.9. The number of nitrogens with one attached hydrogen (secondary N) is 1. The molecule has 2 aromatic heterocycles. The van der Waals surface area contributed by atoms with E-state index in [-0.39, 0.29) is 12.2 Å². The largest absolute Gasteiger partial charge is 0.481 e. The average Bonchev–Trinajstić information content (AvgIpc) is 3.32. The van der Waals surface area contributed by atoms with E-state index < -0.39 is 23.8 Å². The molecule has 1 atom stereocenters. The maximum atomic E-state index is 12.6. The van der Waals surface area contributed by atoms with Crippen molar-refractivity contribution in [1.82, 2.24) is 5.16 Å². The monoisotopic (exact) mass is 484 g/mol. The zero-order chi connectivity index (χ0) is 25.2. The van der Waals surface area contributed by atoms with E-state index in [1.165, 1.54) is 12.3 Å². The summed E-state index contributed by atoms with van der Waals surface area (Å²) < 4.78 is 16.3. The Kier molecular flexibility index (Phi) is 5.95. The van der Waals surface area contributed by atoms with Crippen LogP contribution in [0.1, 0.15) is 24.2 Å². The molecule has 5 aromatic rings. The summed E-state index contributed by atoms with van der Waals surface area (Å²) in [6.07, 6.45) is 0.0226. The number of ether oxygens (including phenoxy) is 1. The number of nitrogens with zero attached hydrogens (tertiary/aromatic N) is 1. The topological polar surface area (TPSA) is 132 Å². The van der Waals surface area contributed by atoms with Gasteiger partial charge in [0.15, 0.2) is 5.76 Å². The summed E-state index contributed by atoms with van der Waals surface area (Å²) in [5.41, 5.74) is 1.89. The van der Waals surface area contributed by atoms with Crippen LogP contribution in [0.25, 0.3) is 33.1 Å². The van der Waals surface area contributed by atoms with Crippen LogP contribution < -0.4 is 10.9 Å². The third-order valence-electron chi connectivity index (χ3n) is 5.76. The lowest BCUT2D eigenvalue weighted by atomic mass is 10.0. The fraction of sp³-hybridized carbons (Fsp3) is 0.111. The average molecular weight is 484 g/mol.